The number of rotatable bonds is 2. The van der Waals surface area contributed by atoms with E-state index in [1.54, 1.807) is 0 Å². The summed E-state index contributed by atoms with van der Waals surface area (Å²) in [6.07, 6.45) is 6.57. The molecule has 1 heterocycles. The number of hydrogen-bond acceptors (Lipinski definition) is 1. The Labute approximate surface area is 95.8 Å². The molecule has 3 rings (SSSR count). The molecule has 0 atom stereocenters. The van der Waals surface area contributed by atoms with Gasteiger partial charge in [0, 0.05) is 5.39 Å². The molecule has 0 spiro atoms. The molecule has 0 bridgehead atoms. The summed E-state index contributed by atoms with van der Waals surface area (Å²) in [5.74, 6) is 1.01. The first-order valence-corrected chi connectivity index (χ1v) is 5.94. The third-order valence-electron chi connectivity index (χ3n) is 3.45. The Morgan fingerprint density at radius 1 is 1.38 bits per heavy atom. The molecule has 1 nitrogen and oxygen atoms in total. The normalized spacial score (nSPS) is 14.3. The summed E-state index contributed by atoms with van der Waals surface area (Å²) in [7, 11) is 0. The topological polar surface area (TPSA) is 13.1 Å². The lowest BCUT2D eigenvalue weighted by atomic mass is 10.00. The second-order valence-electron chi connectivity index (χ2n) is 4.62. The highest BCUT2D eigenvalue weighted by Crippen LogP contribution is 2.34. The second kappa shape index (κ2) is 3.51. The zero-order valence-electron chi connectivity index (χ0n) is 9.68. The minimum Gasteiger partial charge on any atom is -0.461 e. The van der Waals surface area contributed by atoms with Crippen LogP contribution in [0.2, 0.25) is 0 Å². The van der Waals surface area contributed by atoms with Crippen molar-refractivity contribution in [3.63, 3.8) is 0 Å². The van der Waals surface area contributed by atoms with Crippen molar-refractivity contribution in [2.75, 3.05) is 0 Å². The van der Waals surface area contributed by atoms with Crippen molar-refractivity contribution in [1.82, 2.24) is 0 Å². The summed E-state index contributed by atoms with van der Waals surface area (Å²) in [4.78, 5) is 0. The van der Waals surface area contributed by atoms with Crippen LogP contribution in [0.5, 0.6) is 0 Å². The molecule has 16 heavy (non-hydrogen) atoms. The Morgan fingerprint density at radius 3 is 3.06 bits per heavy atom. The number of furan rings is 1. The van der Waals surface area contributed by atoms with Gasteiger partial charge in [-0.05, 0) is 55.4 Å². The molecule has 0 unspecified atom stereocenters. The van der Waals surface area contributed by atoms with Gasteiger partial charge in [-0.3, -0.25) is 0 Å². The lowest BCUT2D eigenvalue weighted by Gasteiger charge is -2.05. The lowest BCUT2D eigenvalue weighted by Crippen LogP contribution is -1.89. The average molecular weight is 212 g/mol. The third-order valence-corrected chi connectivity index (χ3v) is 3.45. The zero-order valence-corrected chi connectivity index (χ0v) is 9.68. The predicted octanol–water partition coefficient (Wildman–Crippen LogP) is 3.96. The first-order valence-electron chi connectivity index (χ1n) is 5.94. The fourth-order valence-corrected chi connectivity index (χ4v) is 2.79. The summed E-state index contributed by atoms with van der Waals surface area (Å²) in [5, 5.41) is 1.34. The fourth-order valence-electron chi connectivity index (χ4n) is 2.79. The van der Waals surface area contributed by atoms with Gasteiger partial charge in [-0.25, -0.2) is 0 Å². The van der Waals surface area contributed by atoms with Gasteiger partial charge in [0.05, 0.1) is 0 Å². The molecular formula is C15H16O. The van der Waals surface area contributed by atoms with Crippen molar-refractivity contribution in [2.45, 2.75) is 32.6 Å². The van der Waals surface area contributed by atoms with Crippen LogP contribution in [0.15, 0.2) is 29.2 Å². The summed E-state index contributed by atoms with van der Waals surface area (Å²) >= 11 is 0. The molecule has 1 aromatic heterocycles. The predicted molar refractivity (Wildman–Crippen MR) is 66.9 cm³/mol. The molecule has 1 aliphatic rings. The lowest BCUT2D eigenvalue weighted by molar-refractivity contribution is 0.575. The van der Waals surface area contributed by atoms with E-state index in [0.717, 1.165) is 17.8 Å². The van der Waals surface area contributed by atoms with E-state index in [4.69, 9.17) is 4.42 Å². The first-order chi connectivity index (χ1) is 7.79. The number of benzene rings is 1. The summed E-state index contributed by atoms with van der Waals surface area (Å²) in [6, 6.07) is 4.50. The first kappa shape index (κ1) is 9.71. The van der Waals surface area contributed by atoms with E-state index in [-0.39, 0.29) is 0 Å². The zero-order chi connectivity index (χ0) is 11.1. The highest BCUT2D eigenvalue weighted by molar-refractivity contribution is 5.86. The van der Waals surface area contributed by atoms with E-state index in [0.29, 0.717) is 0 Å². The van der Waals surface area contributed by atoms with Crippen molar-refractivity contribution in [3.8, 4) is 0 Å². The van der Waals surface area contributed by atoms with Crippen molar-refractivity contribution >= 4 is 11.0 Å². The van der Waals surface area contributed by atoms with Crippen molar-refractivity contribution in [1.29, 1.82) is 0 Å². The Kier molecular flexibility index (Phi) is 2.13. The van der Waals surface area contributed by atoms with Gasteiger partial charge in [0.2, 0.25) is 0 Å². The van der Waals surface area contributed by atoms with Gasteiger partial charge in [-0.15, -0.1) is 6.58 Å². The molecule has 0 saturated heterocycles. The Balaban J connectivity index is 2.34. The van der Waals surface area contributed by atoms with Gasteiger partial charge in [0.25, 0.3) is 0 Å². The molecule has 0 aliphatic heterocycles. The van der Waals surface area contributed by atoms with Crippen LogP contribution in [0, 0.1) is 6.92 Å². The van der Waals surface area contributed by atoms with Crippen molar-refractivity contribution in [3.05, 3.63) is 47.2 Å². The standard InChI is InChI=1S/C15H16O/c1-3-5-12-9-11-6-4-7-13(11)14-8-10(2)16-15(12)14/h3,8-9H,1,4-7H2,2H3. The molecule has 0 fully saturated rings. The van der Waals surface area contributed by atoms with Crippen LogP contribution in [0.1, 0.15) is 28.9 Å². The van der Waals surface area contributed by atoms with Gasteiger partial charge in [0.1, 0.15) is 11.3 Å². The van der Waals surface area contributed by atoms with Crippen LogP contribution in [0.4, 0.5) is 0 Å². The van der Waals surface area contributed by atoms with E-state index >= 15 is 0 Å². The number of aryl methyl sites for hydroxylation is 3. The highest BCUT2D eigenvalue weighted by Gasteiger charge is 2.18. The molecule has 1 aliphatic carbocycles. The molecule has 2 aromatic rings. The van der Waals surface area contributed by atoms with Gasteiger partial charge in [-0.1, -0.05) is 12.1 Å². The van der Waals surface area contributed by atoms with E-state index in [9.17, 15) is 0 Å². The molecule has 0 N–H and O–H groups in total. The average Bonchev–Trinajstić information content (AvgIpc) is 2.83. The Hall–Kier alpha value is -1.50. The van der Waals surface area contributed by atoms with Gasteiger partial charge in [-0.2, -0.15) is 0 Å². The Bertz CT molecular complexity index is 560. The van der Waals surface area contributed by atoms with Crippen LogP contribution >= 0.6 is 0 Å². The van der Waals surface area contributed by atoms with Crippen molar-refractivity contribution in [2.24, 2.45) is 0 Å². The Morgan fingerprint density at radius 2 is 2.25 bits per heavy atom. The maximum Gasteiger partial charge on any atom is 0.138 e. The largest absolute Gasteiger partial charge is 0.461 e. The van der Waals surface area contributed by atoms with E-state index in [2.05, 4.69) is 18.7 Å². The minimum atomic E-state index is 0.900. The number of fused-ring (bicyclic) bond motifs is 3. The summed E-state index contributed by atoms with van der Waals surface area (Å²) < 4.78 is 5.83. The monoisotopic (exact) mass is 212 g/mol. The van der Waals surface area contributed by atoms with Crippen LogP contribution in [0.25, 0.3) is 11.0 Å². The summed E-state index contributed by atoms with van der Waals surface area (Å²) in [5.41, 5.74) is 5.40. The van der Waals surface area contributed by atoms with Crippen LogP contribution < -0.4 is 0 Å². The van der Waals surface area contributed by atoms with Crippen LogP contribution in [-0.4, -0.2) is 0 Å². The fraction of sp³-hybridized carbons (Fsp3) is 0.333. The van der Waals surface area contributed by atoms with E-state index in [1.165, 1.54) is 41.3 Å². The van der Waals surface area contributed by atoms with Gasteiger partial charge >= 0.3 is 0 Å². The van der Waals surface area contributed by atoms with E-state index in [1.807, 2.05) is 13.0 Å². The molecule has 0 amide bonds. The quantitative estimate of drug-likeness (QED) is 0.687. The summed E-state index contributed by atoms with van der Waals surface area (Å²) in [6.45, 7) is 5.85. The maximum absolute atomic E-state index is 5.83. The molecule has 1 heteroatoms. The van der Waals surface area contributed by atoms with Gasteiger partial charge in [0.15, 0.2) is 0 Å². The highest BCUT2D eigenvalue weighted by atomic mass is 16.3. The smallest absolute Gasteiger partial charge is 0.138 e. The number of allylic oxidation sites excluding steroid dienone is 1. The molecule has 0 radical (unpaired) electrons. The maximum atomic E-state index is 5.83. The molecule has 0 saturated carbocycles. The molecule has 82 valence electrons. The van der Waals surface area contributed by atoms with Gasteiger partial charge < -0.3 is 4.42 Å². The minimum absolute atomic E-state index is 0.900. The molecular weight excluding hydrogens is 196 g/mol. The van der Waals surface area contributed by atoms with Crippen LogP contribution in [-0.2, 0) is 19.3 Å². The van der Waals surface area contributed by atoms with E-state index < -0.39 is 0 Å². The number of hydrogen-bond donors (Lipinski definition) is 0. The van der Waals surface area contributed by atoms with Crippen LogP contribution in [0.3, 0.4) is 0 Å². The molecule has 1 aromatic carbocycles. The second-order valence-corrected chi connectivity index (χ2v) is 4.62. The SMILES string of the molecule is C=CCc1cc2c(c3cc(C)oc13)CCC2. The third kappa shape index (κ3) is 1.31. The van der Waals surface area contributed by atoms with Crippen molar-refractivity contribution < 1.29 is 4.42 Å².